The van der Waals surface area contributed by atoms with Crippen molar-refractivity contribution in [3.05, 3.63) is 5.82 Å². The first-order chi connectivity index (χ1) is 13.6. The molecule has 2 saturated heterocycles. The van der Waals surface area contributed by atoms with Crippen LogP contribution in [-0.4, -0.2) is 63.9 Å². The van der Waals surface area contributed by atoms with Crippen LogP contribution in [0.4, 0.5) is 5.95 Å². The number of amides is 1. The topological polar surface area (TPSA) is 89.5 Å². The Morgan fingerprint density at radius 3 is 2.32 bits per heavy atom. The van der Waals surface area contributed by atoms with Crippen LogP contribution in [0.5, 0.6) is 0 Å². The molecule has 1 aromatic heterocycles. The molecule has 0 aromatic carbocycles. The second-order valence-electron chi connectivity index (χ2n) is 7.89. The van der Waals surface area contributed by atoms with Gasteiger partial charge in [0.15, 0.2) is 5.82 Å². The highest BCUT2D eigenvalue weighted by Crippen LogP contribution is 2.33. The number of hydrogen-bond donors (Lipinski definition) is 1. The Kier molecular flexibility index (Phi) is 6.93. The second-order valence-corrected chi connectivity index (χ2v) is 7.89. The van der Waals surface area contributed by atoms with Gasteiger partial charge in [-0.25, -0.2) is 0 Å². The smallest absolute Gasteiger partial charge is 0.238 e. The summed E-state index contributed by atoms with van der Waals surface area (Å²) >= 11 is 0. The number of nitrogens with zero attached hydrogens (tertiary/aromatic N) is 5. The van der Waals surface area contributed by atoms with E-state index in [0.717, 1.165) is 76.6 Å². The SMILES string of the molecule is CCOC(CC)c1nnc(N2CCC(C(N)=O)(N3CCCCC3)CC2)n1CC. The number of primary amides is 1. The summed E-state index contributed by atoms with van der Waals surface area (Å²) in [6.07, 6.45) is 5.89. The summed E-state index contributed by atoms with van der Waals surface area (Å²) in [4.78, 5) is 17.1. The van der Waals surface area contributed by atoms with Crippen molar-refractivity contribution < 1.29 is 9.53 Å². The number of anilines is 1. The highest BCUT2D eigenvalue weighted by molar-refractivity contribution is 5.85. The number of nitrogens with two attached hydrogens (primary N) is 1. The van der Waals surface area contributed by atoms with Gasteiger partial charge in [0.2, 0.25) is 11.9 Å². The van der Waals surface area contributed by atoms with Gasteiger partial charge < -0.3 is 15.4 Å². The van der Waals surface area contributed by atoms with Gasteiger partial charge in [0.1, 0.15) is 11.6 Å². The second kappa shape index (κ2) is 9.22. The van der Waals surface area contributed by atoms with Gasteiger partial charge in [-0.05, 0) is 59.0 Å². The Labute approximate surface area is 168 Å². The molecule has 3 heterocycles. The summed E-state index contributed by atoms with van der Waals surface area (Å²) in [6.45, 7) is 11.2. The fourth-order valence-electron chi connectivity index (χ4n) is 4.78. The van der Waals surface area contributed by atoms with Crippen LogP contribution in [0.3, 0.4) is 0 Å². The zero-order valence-electron chi connectivity index (χ0n) is 17.7. The molecule has 0 bridgehead atoms. The van der Waals surface area contributed by atoms with Crippen LogP contribution in [0.1, 0.15) is 71.2 Å². The molecule has 2 aliphatic heterocycles. The number of rotatable bonds is 8. The maximum atomic E-state index is 12.5. The van der Waals surface area contributed by atoms with Crippen molar-refractivity contribution in [1.82, 2.24) is 19.7 Å². The van der Waals surface area contributed by atoms with Crippen LogP contribution < -0.4 is 10.6 Å². The number of aromatic nitrogens is 3. The van der Waals surface area contributed by atoms with Crippen LogP contribution >= 0.6 is 0 Å². The summed E-state index contributed by atoms with van der Waals surface area (Å²) in [7, 11) is 0. The third kappa shape index (κ3) is 3.89. The van der Waals surface area contributed by atoms with Gasteiger partial charge in [0.05, 0.1) is 0 Å². The molecule has 2 N–H and O–H groups in total. The number of piperidine rings is 2. The van der Waals surface area contributed by atoms with Gasteiger partial charge in [-0.3, -0.25) is 14.3 Å². The van der Waals surface area contributed by atoms with E-state index >= 15 is 0 Å². The summed E-state index contributed by atoms with van der Waals surface area (Å²) in [5.74, 6) is 1.60. The largest absolute Gasteiger partial charge is 0.371 e. The third-order valence-corrected chi connectivity index (χ3v) is 6.40. The van der Waals surface area contributed by atoms with E-state index in [1.807, 2.05) is 6.92 Å². The van der Waals surface area contributed by atoms with E-state index in [1.165, 1.54) is 6.42 Å². The third-order valence-electron chi connectivity index (χ3n) is 6.40. The summed E-state index contributed by atoms with van der Waals surface area (Å²) in [6, 6.07) is 0. The average molecular weight is 393 g/mol. The van der Waals surface area contributed by atoms with Crippen LogP contribution in [0.2, 0.25) is 0 Å². The lowest BCUT2D eigenvalue weighted by atomic mass is 9.83. The number of carbonyl (C=O) groups excluding carboxylic acids is 1. The molecule has 2 fully saturated rings. The number of likely N-dealkylation sites (tertiary alicyclic amines) is 1. The highest BCUT2D eigenvalue weighted by atomic mass is 16.5. The van der Waals surface area contributed by atoms with E-state index in [-0.39, 0.29) is 12.0 Å². The molecule has 158 valence electrons. The van der Waals surface area contributed by atoms with Crippen LogP contribution in [0, 0.1) is 0 Å². The maximum Gasteiger partial charge on any atom is 0.238 e. The first kappa shape index (κ1) is 21.0. The number of hydrogen-bond acceptors (Lipinski definition) is 6. The lowest BCUT2D eigenvalue weighted by Gasteiger charge is -2.48. The van der Waals surface area contributed by atoms with Gasteiger partial charge in [-0.2, -0.15) is 0 Å². The molecule has 8 nitrogen and oxygen atoms in total. The first-order valence-electron chi connectivity index (χ1n) is 10.9. The Hall–Kier alpha value is -1.67. The van der Waals surface area contributed by atoms with Crippen molar-refractivity contribution in [1.29, 1.82) is 0 Å². The number of carbonyl (C=O) groups is 1. The molecule has 0 spiro atoms. The molecular weight excluding hydrogens is 356 g/mol. The van der Waals surface area contributed by atoms with Crippen molar-refractivity contribution in [3.8, 4) is 0 Å². The van der Waals surface area contributed by atoms with Gasteiger partial charge in [0.25, 0.3) is 0 Å². The summed E-state index contributed by atoms with van der Waals surface area (Å²) < 4.78 is 8.01. The zero-order valence-corrected chi connectivity index (χ0v) is 17.7. The molecule has 0 aliphatic carbocycles. The van der Waals surface area contributed by atoms with Crippen molar-refractivity contribution in [2.75, 3.05) is 37.7 Å². The normalized spacial score (nSPS) is 21.6. The van der Waals surface area contributed by atoms with E-state index in [2.05, 4.69) is 38.4 Å². The van der Waals surface area contributed by atoms with Crippen LogP contribution in [0.25, 0.3) is 0 Å². The number of ether oxygens (including phenoxy) is 1. The minimum absolute atomic E-state index is 0.0333. The minimum Gasteiger partial charge on any atom is -0.371 e. The fourth-order valence-corrected chi connectivity index (χ4v) is 4.78. The monoisotopic (exact) mass is 392 g/mol. The molecule has 28 heavy (non-hydrogen) atoms. The Morgan fingerprint density at radius 2 is 1.79 bits per heavy atom. The van der Waals surface area contributed by atoms with E-state index in [9.17, 15) is 4.79 Å². The maximum absolute atomic E-state index is 12.5. The van der Waals surface area contributed by atoms with E-state index in [4.69, 9.17) is 10.5 Å². The van der Waals surface area contributed by atoms with Crippen molar-refractivity contribution in [3.63, 3.8) is 0 Å². The summed E-state index contributed by atoms with van der Waals surface area (Å²) in [5, 5.41) is 8.95. The Bertz CT molecular complexity index is 647. The molecule has 1 amide bonds. The zero-order chi connectivity index (χ0) is 20.1. The lowest BCUT2D eigenvalue weighted by molar-refractivity contribution is -0.132. The molecule has 1 unspecified atom stereocenters. The van der Waals surface area contributed by atoms with Crippen molar-refractivity contribution in [2.45, 2.75) is 77.5 Å². The average Bonchev–Trinajstić information content (AvgIpc) is 3.16. The van der Waals surface area contributed by atoms with E-state index in [1.54, 1.807) is 0 Å². The Morgan fingerprint density at radius 1 is 1.11 bits per heavy atom. The van der Waals surface area contributed by atoms with Crippen molar-refractivity contribution >= 4 is 11.9 Å². The van der Waals surface area contributed by atoms with Gasteiger partial charge in [-0.15, -0.1) is 10.2 Å². The van der Waals surface area contributed by atoms with Gasteiger partial charge >= 0.3 is 0 Å². The molecule has 8 heteroatoms. The minimum atomic E-state index is -0.506. The standard InChI is InChI=1S/C20H36N6O2/c1-4-16(28-6-3)17-22-23-19(26(17)5-2)24-14-10-20(11-15-24,18(21)27)25-12-8-7-9-13-25/h16H,4-15H2,1-3H3,(H2,21,27). The van der Waals surface area contributed by atoms with Crippen LogP contribution in [0.15, 0.2) is 0 Å². The first-order valence-corrected chi connectivity index (χ1v) is 10.9. The molecule has 2 aliphatic rings. The highest BCUT2D eigenvalue weighted by Gasteiger charge is 2.45. The van der Waals surface area contributed by atoms with Crippen molar-refractivity contribution in [2.24, 2.45) is 5.73 Å². The molecule has 0 saturated carbocycles. The molecule has 1 atom stereocenters. The predicted molar refractivity (Wildman–Crippen MR) is 109 cm³/mol. The predicted octanol–water partition coefficient (Wildman–Crippen LogP) is 2.10. The van der Waals surface area contributed by atoms with E-state index in [0.29, 0.717) is 6.61 Å². The molecule has 0 radical (unpaired) electrons. The fraction of sp³-hybridized carbons (Fsp3) is 0.850. The quantitative estimate of drug-likeness (QED) is 0.729. The Balaban J connectivity index is 1.77. The molecule has 1 aromatic rings. The molecule has 3 rings (SSSR count). The lowest BCUT2D eigenvalue weighted by Crippen LogP contribution is -2.63. The molecular formula is C20H36N6O2. The van der Waals surface area contributed by atoms with Gasteiger partial charge in [0, 0.05) is 26.2 Å². The van der Waals surface area contributed by atoms with Crippen LogP contribution in [-0.2, 0) is 16.1 Å². The summed E-state index contributed by atoms with van der Waals surface area (Å²) in [5.41, 5.74) is 5.41. The van der Waals surface area contributed by atoms with Gasteiger partial charge in [-0.1, -0.05) is 13.3 Å². The van der Waals surface area contributed by atoms with E-state index < -0.39 is 5.54 Å².